The normalized spacial score (nSPS) is 19.6. The molecule has 0 amide bonds. The van der Waals surface area contributed by atoms with Gasteiger partial charge in [-0.2, -0.15) is 13.2 Å². The summed E-state index contributed by atoms with van der Waals surface area (Å²) < 4.78 is 68.4. The number of aliphatic carboxylic acids is 1. The lowest BCUT2D eigenvalue weighted by atomic mass is 9.88. The van der Waals surface area contributed by atoms with Crippen molar-refractivity contribution in [2.24, 2.45) is 5.92 Å². The molecule has 5 nitrogen and oxygen atoms in total. The fourth-order valence-electron chi connectivity index (χ4n) is 3.10. The molecule has 1 heterocycles. The quantitative estimate of drug-likeness (QED) is 0.790. The zero-order chi connectivity index (χ0) is 20.9. The van der Waals surface area contributed by atoms with E-state index in [9.17, 15) is 31.5 Å². The molecule has 0 aliphatic carbocycles. The number of carboxylic acids is 1. The van der Waals surface area contributed by atoms with Crippen LogP contribution in [-0.2, 0) is 21.1 Å². The summed E-state index contributed by atoms with van der Waals surface area (Å²) in [7, 11) is -3.44. The van der Waals surface area contributed by atoms with Crippen molar-refractivity contribution in [1.29, 1.82) is 0 Å². The van der Waals surface area contributed by atoms with Crippen molar-refractivity contribution in [3.05, 3.63) is 47.0 Å². The van der Waals surface area contributed by atoms with Crippen LogP contribution in [0.4, 0.5) is 13.2 Å². The third-order valence-electron chi connectivity index (χ3n) is 4.41. The molecule has 0 aromatic heterocycles. The van der Waals surface area contributed by atoms with E-state index in [0.29, 0.717) is 5.56 Å². The van der Waals surface area contributed by atoms with Gasteiger partial charge in [0.15, 0.2) is 9.84 Å². The van der Waals surface area contributed by atoms with Crippen LogP contribution in [0.5, 0.6) is 5.75 Å². The van der Waals surface area contributed by atoms with E-state index in [1.54, 1.807) is 0 Å². The highest BCUT2D eigenvalue weighted by Gasteiger charge is 2.52. The monoisotopic (exact) mass is 434 g/mol. The molecule has 2 unspecified atom stereocenters. The molecule has 0 fully saturated rings. The smallest absolute Gasteiger partial charge is 0.426 e. The van der Waals surface area contributed by atoms with Gasteiger partial charge in [0.25, 0.3) is 0 Å². The molecule has 0 bridgehead atoms. The third kappa shape index (κ3) is 3.95. The Morgan fingerprint density at radius 3 is 2.32 bits per heavy atom. The van der Waals surface area contributed by atoms with Crippen molar-refractivity contribution in [1.82, 2.24) is 0 Å². The first kappa shape index (κ1) is 20.5. The molecule has 2 atom stereocenters. The number of rotatable bonds is 3. The average Bonchev–Trinajstić information content (AvgIpc) is 2.58. The molecular formula is C18H14ClF3O5S. The molecule has 2 aromatic carbocycles. The number of fused-ring (bicyclic) bond motifs is 1. The van der Waals surface area contributed by atoms with Crippen LogP contribution in [0.2, 0.25) is 5.02 Å². The largest absolute Gasteiger partial charge is 0.481 e. The number of carboxylic acid groups (broad SMARTS) is 1. The minimum absolute atomic E-state index is 0.0483. The van der Waals surface area contributed by atoms with Crippen LogP contribution in [0.15, 0.2) is 41.3 Å². The van der Waals surface area contributed by atoms with Crippen molar-refractivity contribution in [2.75, 3.05) is 6.26 Å². The van der Waals surface area contributed by atoms with E-state index in [-0.39, 0.29) is 26.8 Å². The minimum atomic E-state index is -4.88. The van der Waals surface area contributed by atoms with E-state index < -0.39 is 40.4 Å². The summed E-state index contributed by atoms with van der Waals surface area (Å²) in [5, 5.41) is 9.38. The highest BCUT2D eigenvalue weighted by atomic mass is 35.5. The maximum Gasteiger partial charge on any atom is 0.426 e. The zero-order valence-corrected chi connectivity index (χ0v) is 15.9. The molecule has 1 aliphatic rings. The third-order valence-corrected chi connectivity index (χ3v) is 5.76. The number of halogens is 4. The van der Waals surface area contributed by atoms with Crippen LogP contribution in [0, 0.1) is 5.92 Å². The van der Waals surface area contributed by atoms with Crippen molar-refractivity contribution >= 4 is 27.4 Å². The van der Waals surface area contributed by atoms with Gasteiger partial charge in [0.05, 0.1) is 4.90 Å². The Hall–Kier alpha value is -2.26. The van der Waals surface area contributed by atoms with E-state index in [0.717, 1.165) is 6.26 Å². The van der Waals surface area contributed by atoms with Crippen molar-refractivity contribution in [3.63, 3.8) is 0 Å². The average molecular weight is 435 g/mol. The molecule has 0 radical (unpaired) electrons. The summed E-state index contributed by atoms with van der Waals surface area (Å²) in [5.74, 6) is -3.53. The van der Waals surface area contributed by atoms with Crippen LogP contribution >= 0.6 is 11.6 Å². The Morgan fingerprint density at radius 2 is 1.82 bits per heavy atom. The molecule has 1 N–H and O–H groups in total. The lowest BCUT2D eigenvalue weighted by molar-refractivity contribution is -0.217. The Labute approximate surface area is 163 Å². The van der Waals surface area contributed by atoms with Crippen LogP contribution in [0.3, 0.4) is 0 Å². The van der Waals surface area contributed by atoms with Crippen molar-refractivity contribution in [3.8, 4) is 16.9 Å². The van der Waals surface area contributed by atoms with E-state index in [2.05, 4.69) is 0 Å². The molecule has 10 heteroatoms. The number of benzene rings is 2. The SMILES string of the molecule is CS(=O)(=O)c1ccc(-c2cc(Cl)cc3c2OC(C(F)(F)F)C(C(=O)O)C3)cc1. The molecule has 0 spiro atoms. The summed E-state index contributed by atoms with van der Waals surface area (Å²) in [4.78, 5) is 11.4. The molecular weight excluding hydrogens is 421 g/mol. The van der Waals surface area contributed by atoms with E-state index in [4.69, 9.17) is 16.3 Å². The minimum Gasteiger partial charge on any atom is -0.481 e. The van der Waals surface area contributed by atoms with Gasteiger partial charge < -0.3 is 9.84 Å². The standard InChI is InChI=1S/C18H14ClF3O5S/c1-28(25,26)12-4-2-9(3-5-12)13-8-11(19)6-10-7-14(17(23)24)16(18(20,21)22)27-15(10)13/h2-6,8,14,16H,7H2,1H3,(H,23,24). The maximum atomic E-state index is 13.4. The van der Waals surface area contributed by atoms with Crippen LogP contribution < -0.4 is 4.74 Å². The summed E-state index contributed by atoms with van der Waals surface area (Å²) in [6.07, 6.45) is -6.75. The Kier molecular flexibility index (Phi) is 5.09. The number of carbonyl (C=O) groups is 1. The summed E-state index contributed by atoms with van der Waals surface area (Å²) in [6, 6.07) is 8.26. The molecule has 1 aliphatic heterocycles. The van der Waals surface area contributed by atoms with Gasteiger partial charge in [0, 0.05) is 16.8 Å². The number of ether oxygens (including phenoxy) is 1. The van der Waals surface area contributed by atoms with Gasteiger partial charge in [-0.25, -0.2) is 8.42 Å². The van der Waals surface area contributed by atoms with Crippen LogP contribution in [0.25, 0.3) is 11.1 Å². The topological polar surface area (TPSA) is 80.7 Å². The molecule has 2 aromatic rings. The van der Waals surface area contributed by atoms with Gasteiger partial charge in [-0.15, -0.1) is 0 Å². The van der Waals surface area contributed by atoms with E-state index >= 15 is 0 Å². The molecule has 150 valence electrons. The van der Waals surface area contributed by atoms with Crippen molar-refractivity contribution in [2.45, 2.75) is 23.6 Å². The fourth-order valence-corrected chi connectivity index (χ4v) is 3.97. The zero-order valence-electron chi connectivity index (χ0n) is 14.3. The number of hydrogen-bond acceptors (Lipinski definition) is 4. The lowest BCUT2D eigenvalue weighted by Gasteiger charge is -2.33. The first-order chi connectivity index (χ1) is 12.9. The van der Waals surface area contributed by atoms with E-state index in [1.165, 1.54) is 36.4 Å². The second kappa shape index (κ2) is 6.97. The van der Waals surface area contributed by atoms with Gasteiger partial charge >= 0.3 is 12.1 Å². The van der Waals surface area contributed by atoms with Crippen LogP contribution in [-0.4, -0.2) is 38.0 Å². The van der Waals surface area contributed by atoms with Gasteiger partial charge in [0.1, 0.15) is 11.7 Å². The molecule has 3 rings (SSSR count). The second-order valence-electron chi connectivity index (χ2n) is 6.47. The highest BCUT2D eigenvalue weighted by molar-refractivity contribution is 7.90. The molecule has 0 saturated heterocycles. The molecule has 0 saturated carbocycles. The van der Waals surface area contributed by atoms with Crippen LogP contribution in [0.1, 0.15) is 5.56 Å². The van der Waals surface area contributed by atoms with Gasteiger partial charge in [0.2, 0.25) is 6.10 Å². The summed E-state index contributed by atoms with van der Waals surface area (Å²) >= 11 is 6.07. The Morgan fingerprint density at radius 1 is 1.21 bits per heavy atom. The molecule has 28 heavy (non-hydrogen) atoms. The second-order valence-corrected chi connectivity index (χ2v) is 8.92. The number of hydrogen-bond donors (Lipinski definition) is 1. The Bertz CT molecular complexity index is 1030. The number of alkyl halides is 3. The first-order valence-corrected chi connectivity index (χ1v) is 10.2. The maximum absolute atomic E-state index is 13.4. The first-order valence-electron chi connectivity index (χ1n) is 7.97. The lowest BCUT2D eigenvalue weighted by Crippen LogP contribution is -2.47. The fraction of sp³-hybridized carbons (Fsp3) is 0.278. The summed E-state index contributed by atoms with van der Waals surface area (Å²) in [5.41, 5.74) is 0.851. The van der Waals surface area contributed by atoms with Gasteiger partial charge in [-0.05, 0) is 41.8 Å². The van der Waals surface area contributed by atoms with Gasteiger partial charge in [-0.3, -0.25) is 4.79 Å². The predicted octanol–water partition coefficient (Wildman–Crippen LogP) is 3.98. The number of sulfone groups is 1. The predicted molar refractivity (Wildman–Crippen MR) is 95.3 cm³/mol. The Balaban J connectivity index is 2.13. The van der Waals surface area contributed by atoms with E-state index in [1.807, 2.05) is 0 Å². The summed E-state index contributed by atoms with van der Waals surface area (Å²) in [6.45, 7) is 0. The van der Waals surface area contributed by atoms with Crippen molar-refractivity contribution < 1.29 is 36.2 Å². The van der Waals surface area contributed by atoms with Gasteiger partial charge in [-0.1, -0.05) is 23.7 Å². The highest BCUT2D eigenvalue weighted by Crippen LogP contribution is 2.45.